The summed E-state index contributed by atoms with van der Waals surface area (Å²) in [6.07, 6.45) is 0. The monoisotopic (exact) mass is 288 g/mol. The van der Waals surface area contributed by atoms with Crippen molar-refractivity contribution in [2.24, 2.45) is 0 Å². The Hall–Kier alpha value is 1.59. The molecule has 0 unspecified atom stereocenters. The minimum absolute atomic E-state index is 0. The van der Waals surface area contributed by atoms with Gasteiger partial charge in [0.2, 0.25) is 0 Å². The van der Waals surface area contributed by atoms with Crippen molar-refractivity contribution in [3.8, 4) is 0 Å². The molecule has 0 spiro atoms. The molecule has 0 rings (SSSR count). The van der Waals surface area contributed by atoms with E-state index < -0.39 is 19.0 Å². The molecule has 0 aromatic heterocycles. The molecule has 12 heavy (non-hydrogen) atoms. The van der Waals surface area contributed by atoms with Crippen LogP contribution < -0.4 is 19.6 Å². The molecule has 0 heterocycles. The van der Waals surface area contributed by atoms with E-state index in [0.29, 0.717) is 0 Å². The Morgan fingerprint density at radius 3 is 1.08 bits per heavy atom. The van der Waals surface area contributed by atoms with E-state index in [4.69, 9.17) is 0 Å². The van der Waals surface area contributed by atoms with Crippen LogP contribution in [0.3, 0.4) is 0 Å². The van der Waals surface area contributed by atoms with Gasteiger partial charge in [-0.1, -0.05) is 23.2 Å². The molecule has 0 amide bonds. The maximum Gasteiger partial charge on any atom is 4.00 e. The van der Waals surface area contributed by atoms with Gasteiger partial charge in [-0.05, 0) is 15.2 Å². The molecular weight excluding hydrogens is 289 g/mol. The van der Waals surface area contributed by atoms with Gasteiger partial charge >= 0.3 is 21.7 Å². The van der Waals surface area contributed by atoms with Crippen LogP contribution in [0.4, 0.5) is 0 Å². The van der Waals surface area contributed by atoms with E-state index in [0.717, 1.165) is 0 Å². The van der Waals surface area contributed by atoms with Gasteiger partial charge in [-0.3, -0.25) is 0 Å². The fourth-order valence-electron chi connectivity index (χ4n) is 0.150. The molecule has 0 aromatic carbocycles. The second kappa shape index (κ2) is 4.41. The first-order valence-electron chi connectivity index (χ1n) is 1.92. The molecule has 0 aliphatic rings. The zero-order valence-electron chi connectivity index (χ0n) is 5.10. The normalized spacial score (nSPS) is 13.8. The first kappa shape index (κ1) is 16.0. The number of hydrogen-bond acceptors (Lipinski definition) is 6. The number of halogens is 2. The molecule has 0 bridgehead atoms. The maximum absolute atomic E-state index is 9.94. The summed E-state index contributed by atoms with van der Waals surface area (Å²) in [6, 6.07) is 0. The van der Waals surface area contributed by atoms with Gasteiger partial charge in [-0.25, -0.2) is 0 Å². The predicted octanol–water partition coefficient (Wildman–Crippen LogP) is -2.10. The topological polar surface area (TPSA) is 126 Å². The molecular formula is CCl2O6P2Ti. The summed E-state index contributed by atoms with van der Waals surface area (Å²) in [5, 5.41) is 0. The number of rotatable bonds is 2. The van der Waals surface area contributed by atoms with Crippen molar-refractivity contribution in [2.75, 3.05) is 0 Å². The fourth-order valence-corrected chi connectivity index (χ4v) is 1.35. The second-order valence-corrected chi connectivity index (χ2v) is 7.57. The molecule has 0 aromatic rings. The molecule has 0 N–H and O–H groups in total. The standard InChI is InChI=1S/CH4Cl2O6P2.Ti/c2-1(3,10(4,5)6)11(7,8)9;/h(H2,4,5,6)(H2,7,8,9);/q;+4/p-4. The third-order valence-electron chi connectivity index (χ3n) is 0.659. The van der Waals surface area contributed by atoms with E-state index in [2.05, 4.69) is 23.2 Å². The van der Waals surface area contributed by atoms with E-state index in [-0.39, 0.29) is 21.7 Å². The summed E-state index contributed by atoms with van der Waals surface area (Å²) >= 11 is 8.96. The largest absolute Gasteiger partial charge is 4.00 e. The average Bonchev–Trinajstić information content (AvgIpc) is 1.58. The Morgan fingerprint density at radius 1 is 0.917 bits per heavy atom. The van der Waals surface area contributed by atoms with Crippen LogP contribution in [0.15, 0.2) is 0 Å². The van der Waals surface area contributed by atoms with Crippen LogP contribution in [-0.4, -0.2) is 3.82 Å². The van der Waals surface area contributed by atoms with Gasteiger partial charge < -0.3 is 28.7 Å². The smallest absolute Gasteiger partial charge is 0.808 e. The Bertz CT molecular complexity index is 216. The van der Waals surface area contributed by atoms with E-state index in [9.17, 15) is 28.7 Å². The zero-order chi connectivity index (χ0) is 9.50. The summed E-state index contributed by atoms with van der Waals surface area (Å²) in [4.78, 5) is 39.7. The van der Waals surface area contributed by atoms with Crippen molar-refractivity contribution in [3.63, 3.8) is 0 Å². The average molecular weight is 289 g/mol. The molecule has 0 radical (unpaired) electrons. The van der Waals surface area contributed by atoms with E-state index >= 15 is 0 Å². The van der Waals surface area contributed by atoms with Gasteiger partial charge in [0.15, 0.2) is 3.82 Å². The van der Waals surface area contributed by atoms with Crippen LogP contribution in [0.25, 0.3) is 0 Å². The minimum atomic E-state index is -5.85. The molecule has 0 fully saturated rings. The maximum atomic E-state index is 9.94. The first-order valence-corrected chi connectivity index (χ1v) is 5.76. The first-order chi connectivity index (χ1) is 4.50. The Kier molecular flexibility index (Phi) is 5.89. The van der Waals surface area contributed by atoms with Gasteiger partial charge in [0.05, 0.1) is 0 Å². The Morgan fingerprint density at radius 2 is 1.08 bits per heavy atom. The van der Waals surface area contributed by atoms with Crippen molar-refractivity contribution in [3.05, 3.63) is 0 Å². The molecule has 11 heteroatoms. The fraction of sp³-hybridized carbons (Fsp3) is 1.00. The van der Waals surface area contributed by atoms with E-state index in [1.165, 1.54) is 0 Å². The minimum Gasteiger partial charge on any atom is -0.808 e. The van der Waals surface area contributed by atoms with Crippen LogP contribution >= 0.6 is 38.4 Å². The van der Waals surface area contributed by atoms with Crippen molar-refractivity contribution in [1.82, 2.24) is 0 Å². The molecule has 0 atom stereocenters. The molecule has 0 saturated carbocycles. The third-order valence-corrected chi connectivity index (χ3v) is 5.93. The van der Waals surface area contributed by atoms with Crippen molar-refractivity contribution < 1.29 is 50.4 Å². The van der Waals surface area contributed by atoms with Crippen molar-refractivity contribution >= 4 is 38.4 Å². The van der Waals surface area contributed by atoms with Crippen LogP contribution in [-0.2, 0) is 30.8 Å². The van der Waals surface area contributed by atoms with Crippen LogP contribution in [0, 0.1) is 0 Å². The molecule has 0 aliphatic carbocycles. The van der Waals surface area contributed by atoms with Crippen LogP contribution in [0.2, 0.25) is 0 Å². The van der Waals surface area contributed by atoms with Gasteiger partial charge in [-0.2, -0.15) is 0 Å². The summed E-state index contributed by atoms with van der Waals surface area (Å²) in [6.45, 7) is 0. The quantitative estimate of drug-likeness (QED) is 0.325. The van der Waals surface area contributed by atoms with E-state index in [1.807, 2.05) is 0 Å². The van der Waals surface area contributed by atoms with Crippen molar-refractivity contribution in [2.45, 2.75) is 3.82 Å². The third kappa shape index (κ3) is 3.39. The number of alkyl halides is 2. The molecule has 0 aliphatic heterocycles. The van der Waals surface area contributed by atoms with Crippen LogP contribution in [0.5, 0.6) is 0 Å². The Balaban J connectivity index is 0. The molecule has 68 valence electrons. The van der Waals surface area contributed by atoms with Crippen LogP contribution in [0.1, 0.15) is 0 Å². The second-order valence-electron chi connectivity index (χ2n) is 1.50. The number of hydrogen-bond donors (Lipinski definition) is 0. The summed E-state index contributed by atoms with van der Waals surface area (Å²) < 4.78 is 16.1. The molecule has 6 nitrogen and oxygen atoms in total. The van der Waals surface area contributed by atoms with Crippen molar-refractivity contribution in [1.29, 1.82) is 0 Å². The Labute approximate surface area is 92.5 Å². The summed E-state index contributed by atoms with van der Waals surface area (Å²) in [7, 11) is -11.7. The van der Waals surface area contributed by atoms with Gasteiger partial charge in [0.1, 0.15) is 0 Å². The van der Waals surface area contributed by atoms with Gasteiger partial charge in [0, 0.05) is 0 Å². The van der Waals surface area contributed by atoms with E-state index in [1.54, 1.807) is 0 Å². The molecule has 0 saturated heterocycles. The van der Waals surface area contributed by atoms with Gasteiger partial charge in [-0.15, -0.1) is 0 Å². The summed E-state index contributed by atoms with van der Waals surface area (Å²) in [5.74, 6) is 0. The predicted molar refractivity (Wildman–Crippen MR) is 29.7 cm³/mol. The SMILES string of the molecule is O=P([O-])([O-])C(Cl)(Cl)P(=O)([O-])[O-].[Ti+4]. The summed E-state index contributed by atoms with van der Waals surface area (Å²) in [5.41, 5.74) is 0. The zero-order valence-corrected chi connectivity index (χ0v) is 9.96. The van der Waals surface area contributed by atoms with Gasteiger partial charge in [0.25, 0.3) is 0 Å².